The molecule has 120 valence electrons. The summed E-state index contributed by atoms with van der Waals surface area (Å²) >= 11 is 0. The van der Waals surface area contributed by atoms with Crippen molar-refractivity contribution < 1.29 is 14.7 Å². The molecule has 1 heterocycles. The summed E-state index contributed by atoms with van der Waals surface area (Å²) in [5.41, 5.74) is 3.49. The number of hydrogen-bond donors (Lipinski definition) is 3. The second-order valence-corrected chi connectivity index (χ2v) is 4.86. The minimum atomic E-state index is -0.468. The number of aromatic nitrogens is 3. The predicted octanol–water partition coefficient (Wildman–Crippen LogP) is 1.62. The molecule has 1 aromatic heterocycles. The fourth-order valence-corrected chi connectivity index (χ4v) is 2.04. The van der Waals surface area contributed by atoms with E-state index in [1.807, 2.05) is 0 Å². The Labute approximate surface area is 136 Å². The summed E-state index contributed by atoms with van der Waals surface area (Å²) in [5.74, 6) is -0.963. The lowest BCUT2D eigenvalue weighted by atomic mass is 10.1. The molecule has 0 saturated heterocycles. The minimum Gasteiger partial charge on any atom is -0.507 e. The Balaban J connectivity index is 1.74. The molecule has 0 aliphatic heterocycles. The fourth-order valence-electron chi connectivity index (χ4n) is 2.04. The van der Waals surface area contributed by atoms with Crippen molar-refractivity contribution in [3.8, 4) is 5.75 Å². The smallest absolute Gasteiger partial charge is 0.270 e. The van der Waals surface area contributed by atoms with Crippen molar-refractivity contribution in [3.05, 3.63) is 72.3 Å². The number of phenolic OH excluding ortho intramolecular Hbond substituents is 1. The first kappa shape index (κ1) is 15.2. The van der Waals surface area contributed by atoms with Crippen LogP contribution in [-0.4, -0.2) is 31.8 Å². The van der Waals surface area contributed by atoms with E-state index in [1.54, 1.807) is 30.3 Å². The zero-order valence-corrected chi connectivity index (χ0v) is 12.4. The van der Waals surface area contributed by atoms with Crippen molar-refractivity contribution >= 4 is 17.5 Å². The molecule has 3 rings (SSSR count). The molecule has 0 spiro atoms. The topological polar surface area (TPSA) is 109 Å². The molecule has 8 heteroatoms. The van der Waals surface area contributed by atoms with Gasteiger partial charge in [-0.1, -0.05) is 18.2 Å². The van der Waals surface area contributed by atoms with Crippen LogP contribution in [0, 0.1) is 0 Å². The molecule has 0 bridgehead atoms. The highest BCUT2D eigenvalue weighted by Crippen LogP contribution is 2.18. The van der Waals surface area contributed by atoms with Gasteiger partial charge in [-0.3, -0.25) is 15.0 Å². The van der Waals surface area contributed by atoms with Gasteiger partial charge in [0, 0.05) is 11.3 Å². The summed E-state index contributed by atoms with van der Waals surface area (Å²) in [7, 11) is 0. The molecule has 0 aliphatic carbocycles. The Bertz CT molecular complexity index is 877. The van der Waals surface area contributed by atoms with E-state index in [-0.39, 0.29) is 17.2 Å². The average molecular weight is 323 g/mol. The third kappa shape index (κ3) is 3.38. The van der Waals surface area contributed by atoms with Crippen molar-refractivity contribution in [2.45, 2.75) is 0 Å². The number of carbonyl (C=O) groups excluding carboxylic acids is 2. The first-order valence-corrected chi connectivity index (χ1v) is 6.99. The summed E-state index contributed by atoms with van der Waals surface area (Å²) in [5, 5.41) is 19.5. The van der Waals surface area contributed by atoms with E-state index in [9.17, 15) is 14.7 Å². The maximum absolute atomic E-state index is 12.2. The van der Waals surface area contributed by atoms with E-state index in [0.29, 0.717) is 11.3 Å². The molecule has 2 aromatic carbocycles. The molecule has 2 amide bonds. The van der Waals surface area contributed by atoms with E-state index >= 15 is 0 Å². The fraction of sp³-hybridized carbons (Fsp3) is 0. The zero-order chi connectivity index (χ0) is 16.9. The van der Waals surface area contributed by atoms with E-state index in [0.717, 1.165) is 0 Å². The number of para-hydroxylation sites is 1. The minimum absolute atomic E-state index is 0.114. The Kier molecular flexibility index (Phi) is 4.19. The molecular formula is C16H13N5O3. The standard InChI is InChI=1S/C16H13N5O3/c22-14-7-2-1-6-13(14)16(24)19-12-5-3-4-11(8-12)15(23)20-21-9-17-18-10-21/h1-10,22H,(H,19,24)(H,20,23). The highest BCUT2D eigenvalue weighted by Gasteiger charge is 2.12. The monoisotopic (exact) mass is 323 g/mol. The molecule has 0 saturated carbocycles. The molecule has 0 radical (unpaired) electrons. The van der Waals surface area contributed by atoms with Gasteiger partial charge in [0.2, 0.25) is 0 Å². The van der Waals surface area contributed by atoms with Crippen LogP contribution in [0.3, 0.4) is 0 Å². The normalized spacial score (nSPS) is 10.2. The predicted molar refractivity (Wildman–Crippen MR) is 86.2 cm³/mol. The third-order valence-corrected chi connectivity index (χ3v) is 3.18. The maximum Gasteiger partial charge on any atom is 0.270 e. The van der Waals surface area contributed by atoms with Crippen molar-refractivity contribution in [1.29, 1.82) is 0 Å². The van der Waals surface area contributed by atoms with Gasteiger partial charge in [0.1, 0.15) is 18.4 Å². The maximum atomic E-state index is 12.2. The van der Waals surface area contributed by atoms with E-state index in [1.165, 1.54) is 35.5 Å². The van der Waals surface area contributed by atoms with E-state index < -0.39 is 5.91 Å². The van der Waals surface area contributed by atoms with Crippen LogP contribution in [0.2, 0.25) is 0 Å². The molecule has 0 unspecified atom stereocenters. The van der Waals surface area contributed by atoms with Crippen LogP contribution in [0.5, 0.6) is 5.75 Å². The summed E-state index contributed by atoms with van der Waals surface area (Å²) in [4.78, 5) is 24.3. The van der Waals surface area contributed by atoms with Gasteiger partial charge < -0.3 is 10.4 Å². The van der Waals surface area contributed by atoms with E-state index in [2.05, 4.69) is 20.9 Å². The lowest BCUT2D eigenvalue weighted by Crippen LogP contribution is -2.21. The van der Waals surface area contributed by atoms with Crippen LogP contribution in [0.25, 0.3) is 0 Å². The first-order valence-electron chi connectivity index (χ1n) is 6.99. The van der Waals surface area contributed by atoms with Crippen LogP contribution < -0.4 is 10.7 Å². The molecule has 0 aliphatic rings. The van der Waals surface area contributed by atoms with Gasteiger partial charge in [-0.15, -0.1) is 10.2 Å². The Morgan fingerprint density at radius 1 is 0.958 bits per heavy atom. The number of aromatic hydroxyl groups is 1. The van der Waals surface area contributed by atoms with Crippen molar-refractivity contribution in [2.75, 3.05) is 10.7 Å². The number of rotatable bonds is 4. The van der Waals surface area contributed by atoms with Crippen molar-refractivity contribution in [1.82, 2.24) is 14.9 Å². The van der Waals surface area contributed by atoms with Gasteiger partial charge >= 0.3 is 0 Å². The number of hydrogen-bond acceptors (Lipinski definition) is 5. The van der Waals surface area contributed by atoms with E-state index in [4.69, 9.17) is 0 Å². The lowest BCUT2D eigenvalue weighted by Gasteiger charge is -2.09. The Morgan fingerprint density at radius 2 is 1.71 bits per heavy atom. The molecule has 24 heavy (non-hydrogen) atoms. The number of amides is 2. The van der Waals surface area contributed by atoms with Crippen LogP contribution in [0.15, 0.2) is 61.2 Å². The second-order valence-electron chi connectivity index (χ2n) is 4.86. The molecule has 0 fully saturated rings. The van der Waals surface area contributed by atoms with Crippen LogP contribution in [0.1, 0.15) is 20.7 Å². The summed E-state index contributed by atoms with van der Waals surface area (Å²) < 4.78 is 1.32. The average Bonchev–Trinajstić information content (AvgIpc) is 3.08. The van der Waals surface area contributed by atoms with Crippen LogP contribution in [-0.2, 0) is 0 Å². The quantitative estimate of drug-likeness (QED) is 0.676. The van der Waals surface area contributed by atoms with Crippen molar-refractivity contribution in [2.24, 2.45) is 0 Å². The van der Waals surface area contributed by atoms with Gasteiger partial charge in [0.15, 0.2) is 0 Å². The first-order chi connectivity index (χ1) is 11.6. The molecule has 8 nitrogen and oxygen atoms in total. The van der Waals surface area contributed by atoms with Gasteiger partial charge in [0.25, 0.3) is 11.8 Å². The molecule has 3 N–H and O–H groups in total. The van der Waals surface area contributed by atoms with Crippen molar-refractivity contribution in [3.63, 3.8) is 0 Å². The largest absolute Gasteiger partial charge is 0.507 e. The number of anilines is 1. The Morgan fingerprint density at radius 3 is 2.46 bits per heavy atom. The lowest BCUT2D eigenvalue weighted by molar-refractivity contribution is 0.100. The third-order valence-electron chi connectivity index (χ3n) is 3.18. The van der Waals surface area contributed by atoms with Crippen LogP contribution in [0.4, 0.5) is 5.69 Å². The second kappa shape index (κ2) is 6.61. The van der Waals surface area contributed by atoms with Gasteiger partial charge in [-0.25, -0.2) is 4.68 Å². The number of nitrogens with one attached hydrogen (secondary N) is 2. The number of carbonyl (C=O) groups is 2. The molecular weight excluding hydrogens is 310 g/mol. The number of nitrogens with zero attached hydrogens (tertiary/aromatic N) is 3. The summed E-state index contributed by atoms with van der Waals surface area (Å²) in [6.45, 7) is 0. The van der Waals surface area contributed by atoms with Gasteiger partial charge in [-0.05, 0) is 30.3 Å². The summed E-state index contributed by atoms with van der Waals surface area (Å²) in [6, 6.07) is 12.6. The SMILES string of the molecule is O=C(Nn1cnnc1)c1cccc(NC(=O)c2ccccc2O)c1. The molecule has 0 atom stereocenters. The Hall–Kier alpha value is -3.68. The highest BCUT2D eigenvalue weighted by molar-refractivity contribution is 6.07. The molecule has 3 aromatic rings. The highest BCUT2D eigenvalue weighted by atomic mass is 16.3. The van der Waals surface area contributed by atoms with Gasteiger partial charge in [-0.2, -0.15) is 0 Å². The number of benzene rings is 2. The number of phenols is 1. The van der Waals surface area contributed by atoms with Crippen LogP contribution >= 0.6 is 0 Å². The summed E-state index contributed by atoms with van der Waals surface area (Å²) in [6.07, 6.45) is 2.70. The zero-order valence-electron chi connectivity index (χ0n) is 12.4. The van der Waals surface area contributed by atoms with Gasteiger partial charge in [0.05, 0.1) is 5.56 Å².